The van der Waals surface area contributed by atoms with Crippen molar-refractivity contribution in [2.24, 2.45) is 5.92 Å². The minimum absolute atomic E-state index is 0.278. The van der Waals surface area contributed by atoms with Gasteiger partial charge in [-0.05, 0) is 37.8 Å². The summed E-state index contributed by atoms with van der Waals surface area (Å²) in [5, 5.41) is 2.65. The standard InChI is InChI=1S/C17H20N4O3/c1-12-4-7-18-17(20-12)21-16(22)14-2-3-15(19-10-14)24-11-13-5-8-23-9-6-13/h2-4,7,10,13H,5-6,8-9,11H2,1H3,(H,18,20,21,22). The molecule has 0 aromatic carbocycles. The third kappa shape index (κ3) is 4.48. The summed E-state index contributed by atoms with van der Waals surface area (Å²) in [5.74, 6) is 0.996. The van der Waals surface area contributed by atoms with E-state index in [9.17, 15) is 4.79 Å². The number of ether oxygens (including phenoxy) is 2. The second kappa shape index (κ2) is 7.83. The van der Waals surface area contributed by atoms with Crippen LogP contribution in [0.25, 0.3) is 0 Å². The summed E-state index contributed by atoms with van der Waals surface area (Å²) in [6.45, 7) is 4.05. The number of anilines is 1. The number of aromatic nitrogens is 3. The second-order valence-electron chi connectivity index (χ2n) is 5.73. The number of hydrogen-bond acceptors (Lipinski definition) is 6. The monoisotopic (exact) mass is 328 g/mol. The molecule has 7 heteroatoms. The highest BCUT2D eigenvalue weighted by atomic mass is 16.5. The van der Waals surface area contributed by atoms with E-state index < -0.39 is 0 Å². The lowest BCUT2D eigenvalue weighted by molar-refractivity contribution is 0.0490. The Balaban J connectivity index is 1.54. The van der Waals surface area contributed by atoms with E-state index in [0.717, 1.165) is 31.7 Å². The SMILES string of the molecule is Cc1ccnc(NC(=O)c2ccc(OCC3CCOCC3)nc2)n1. The van der Waals surface area contributed by atoms with Gasteiger partial charge in [0.15, 0.2) is 0 Å². The van der Waals surface area contributed by atoms with Crippen LogP contribution in [0.1, 0.15) is 28.9 Å². The van der Waals surface area contributed by atoms with Crippen LogP contribution < -0.4 is 10.1 Å². The van der Waals surface area contributed by atoms with Gasteiger partial charge in [0.2, 0.25) is 11.8 Å². The van der Waals surface area contributed by atoms with Gasteiger partial charge in [-0.15, -0.1) is 0 Å². The van der Waals surface area contributed by atoms with Crippen molar-refractivity contribution in [3.05, 3.63) is 41.9 Å². The minimum Gasteiger partial charge on any atom is -0.477 e. The van der Waals surface area contributed by atoms with Crippen LogP contribution in [0.5, 0.6) is 5.88 Å². The lowest BCUT2D eigenvalue weighted by atomic mass is 10.0. The summed E-state index contributed by atoms with van der Waals surface area (Å²) in [6.07, 6.45) is 5.11. The molecule has 7 nitrogen and oxygen atoms in total. The molecule has 0 bridgehead atoms. The van der Waals surface area contributed by atoms with Gasteiger partial charge in [-0.3, -0.25) is 10.1 Å². The maximum atomic E-state index is 12.2. The van der Waals surface area contributed by atoms with E-state index in [1.54, 1.807) is 24.4 Å². The first kappa shape index (κ1) is 16.3. The van der Waals surface area contributed by atoms with Crippen molar-refractivity contribution in [3.63, 3.8) is 0 Å². The first-order valence-electron chi connectivity index (χ1n) is 7.98. The third-order valence-electron chi connectivity index (χ3n) is 3.83. The van der Waals surface area contributed by atoms with Crippen molar-refractivity contribution in [3.8, 4) is 5.88 Å². The van der Waals surface area contributed by atoms with E-state index >= 15 is 0 Å². The smallest absolute Gasteiger partial charge is 0.259 e. The molecule has 126 valence electrons. The molecule has 1 fully saturated rings. The summed E-state index contributed by atoms with van der Waals surface area (Å²) >= 11 is 0. The molecule has 24 heavy (non-hydrogen) atoms. The number of carbonyl (C=O) groups excluding carboxylic acids is 1. The predicted molar refractivity (Wildman–Crippen MR) is 88.0 cm³/mol. The molecule has 1 amide bonds. The lowest BCUT2D eigenvalue weighted by Crippen LogP contribution is -2.21. The van der Waals surface area contributed by atoms with E-state index in [2.05, 4.69) is 20.3 Å². The number of nitrogens with zero attached hydrogens (tertiary/aromatic N) is 3. The highest BCUT2D eigenvalue weighted by molar-refractivity contribution is 6.03. The van der Waals surface area contributed by atoms with Crippen molar-refractivity contribution in [1.82, 2.24) is 15.0 Å². The first-order chi connectivity index (χ1) is 11.7. The molecule has 0 saturated carbocycles. The zero-order valence-corrected chi connectivity index (χ0v) is 13.6. The van der Waals surface area contributed by atoms with E-state index in [4.69, 9.17) is 9.47 Å². The third-order valence-corrected chi connectivity index (χ3v) is 3.83. The highest BCUT2D eigenvalue weighted by Gasteiger charge is 2.15. The van der Waals surface area contributed by atoms with Gasteiger partial charge >= 0.3 is 0 Å². The molecule has 2 aromatic heterocycles. The molecule has 2 aromatic rings. The Kier molecular flexibility index (Phi) is 5.32. The van der Waals surface area contributed by atoms with Gasteiger partial charge in [0.25, 0.3) is 5.91 Å². The molecular weight excluding hydrogens is 308 g/mol. The summed E-state index contributed by atoms with van der Waals surface area (Å²) in [6, 6.07) is 5.14. The molecule has 1 aliphatic rings. The summed E-state index contributed by atoms with van der Waals surface area (Å²) in [4.78, 5) is 24.5. The van der Waals surface area contributed by atoms with Gasteiger partial charge in [0.1, 0.15) is 0 Å². The Labute approximate surface area is 140 Å². The first-order valence-corrected chi connectivity index (χ1v) is 7.98. The lowest BCUT2D eigenvalue weighted by Gasteiger charge is -2.21. The van der Waals surface area contributed by atoms with Crippen molar-refractivity contribution in [1.29, 1.82) is 0 Å². The average Bonchev–Trinajstić information content (AvgIpc) is 2.61. The zero-order chi connectivity index (χ0) is 16.8. The topological polar surface area (TPSA) is 86.2 Å². The molecule has 1 N–H and O–H groups in total. The van der Waals surface area contributed by atoms with E-state index in [1.165, 1.54) is 6.20 Å². The number of hydrogen-bond donors (Lipinski definition) is 1. The largest absolute Gasteiger partial charge is 0.477 e. The van der Waals surface area contributed by atoms with E-state index in [1.807, 2.05) is 6.92 Å². The quantitative estimate of drug-likeness (QED) is 0.906. The van der Waals surface area contributed by atoms with Crippen molar-refractivity contribution in [2.75, 3.05) is 25.1 Å². The zero-order valence-electron chi connectivity index (χ0n) is 13.6. The number of nitrogens with one attached hydrogen (secondary N) is 1. The Morgan fingerprint density at radius 2 is 2.12 bits per heavy atom. The van der Waals surface area contributed by atoms with Crippen LogP contribution in [0.2, 0.25) is 0 Å². The molecule has 1 aliphatic heterocycles. The second-order valence-corrected chi connectivity index (χ2v) is 5.73. The number of carbonyl (C=O) groups is 1. The maximum Gasteiger partial charge on any atom is 0.259 e. The summed E-state index contributed by atoms with van der Waals surface area (Å²) < 4.78 is 11.0. The number of aryl methyl sites for hydroxylation is 1. The number of rotatable bonds is 5. The van der Waals surface area contributed by atoms with Gasteiger partial charge in [-0.25, -0.2) is 15.0 Å². The van der Waals surface area contributed by atoms with E-state index in [0.29, 0.717) is 24.0 Å². The van der Waals surface area contributed by atoms with Gasteiger partial charge in [-0.2, -0.15) is 0 Å². The van der Waals surface area contributed by atoms with Crippen LogP contribution in [0.3, 0.4) is 0 Å². The highest BCUT2D eigenvalue weighted by Crippen LogP contribution is 2.17. The van der Waals surface area contributed by atoms with Crippen LogP contribution in [0.15, 0.2) is 30.6 Å². The van der Waals surface area contributed by atoms with Gasteiger partial charge in [-0.1, -0.05) is 0 Å². The molecule has 0 unspecified atom stereocenters. The van der Waals surface area contributed by atoms with Crippen LogP contribution in [0, 0.1) is 12.8 Å². The fourth-order valence-electron chi connectivity index (χ4n) is 2.40. The van der Waals surface area contributed by atoms with Crippen LogP contribution in [-0.2, 0) is 4.74 Å². The summed E-state index contributed by atoms with van der Waals surface area (Å²) in [5.41, 5.74) is 1.22. The molecule has 3 heterocycles. The molecule has 0 atom stereocenters. The van der Waals surface area contributed by atoms with Crippen LogP contribution in [0.4, 0.5) is 5.95 Å². The Morgan fingerprint density at radius 3 is 2.83 bits per heavy atom. The fraction of sp³-hybridized carbons (Fsp3) is 0.412. The van der Waals surface area contributed by atoms with Crippen LogP contribution in [-0.4, -0.2) is 40.7 Å². The Morgan fingerprint density at radius 1 is 1.29 bits per heavy atom. The molecule has 0 spiro atoms. The molecule has 3 rings (SSSR count). The van der Waals surface area contributed by atoms with Gasteiger partial charge in [0.05, 0.1) is 12.2 Å². The maximum absolute atomic E-state index is 12.2. The van der Waals surface area contributed by atoms with Crippen molar-refractivity contribution >= 4 is 11.9 Å². The summed E-state index contributed by atoms with van der Waals surface area (Å²) in [7, 11) is 0. The van der Waals surface area contributed by atoms with E-state index in [-0.39, 0.29) is 11.9 Å². The number of pyridine rings is 1. The van der Waals surface area contributed by atoms with Crippen LogP contribution >= 0.6 is 0 Å². The Hall–Kier alpha value is -2.54. The van der Waals surface area contributed by atoms with Crippen molar-refractivity contribution < 1.29 is 14.3 Å². The minimum atomic E-state index is -0.302. The van der Waals surface area contributed by atoms with Crippen molar-refractivity contribution in [2.45, 2.75) is 19.8 Å². The molecule has 0 aliphatic carbocycles. The predicted octanol–water partition coefficient (Wildman–Crippen LogP) is 2.24. The Bertz CT molecular complexity index is 684. The normalized spacial score (nSPS) is 15.0. The van der Waals surface area contributed by atoms with Gasteiger partial charge in [0, 0.05) is 37.4 Å². The number of amides is 1. The molecule has 1 saturated heterocycles. The fourth-order valence-corrected chi connectivity index (χ4v) is 2.40. The average molecular weight is 328 g/mol. The van der Waals surface area contributed by atoms with Gasteiger partial charge < -0.3 is 9.47 Å². The molecular formula is C17H20N4O3. The molecule has 0 radical (unpaired) electrons.